The smallest absolute Gasteiger partial charge is 0.242 e. The third kappa shape index (κ3) is 5.71. The van der Waals surface area contributed by atoms with Crippen LogP contribution in [0.5, 0.6) is 0 Å². The maximum absolute atomic E-state index is 12.7. The minimum Gasteiger partial charge on any atom is -0.324 e. The number of halogens is 2. The molecular formula is C20H25Cl2N3O3S. The average molecular weight is 458 g/mol. The molecule has 0 aliphatic carbocycles. The summed E-state index contributed by atoms with van der Waals surface area (Å²) < 4.78 is 25.8. The summed E-state index contributed by atoms with van der Waals surface area (Å²) >= 11 is 12.2. The normalized spacial score (nSPS) is 13.9. The third-order valence-corrected chi connectivity index (χ3v) is 6.94. The van der Waals surface area contributed by atoms with Gasteiger partial charge >= 0.3 is 0 Å². The van der Waals surface area contributed by atoms with Crippen LogP contribution in [0.15, 0.2) is 41.3 Å². The highest BCUT2D eigenvalue weighted by molar-refractivity contribution is 7.89. The van der Waals surface area contributed by atoms with E-state index in [1.165, 1.54) is 26.2 Å². The van der Waals surface area contributed by atoms with E-state index in [-0.39, 0.29) is 16.8 Å². The van der Waals surface area contributed by atoms with Crippen molar-refractivity contribution < 1.29 is 13.2 Å². The maximum atomic E-state index is 12.7. The van der Waals surface area contributed by atoms with Gasteiger partial charge in [-0.25, -0.2) is 12.7 Å². The first-order valence-electron chi connectivity index (χ1n) is 8.98. The van der Waals surface area contributed by atoms with E-state index in [1.807, 2.05) is 13.0 Å². The topological polar surface area (TPSA) is 78.5 Å². The summed E-state index contributed by atoms with van der Waals surface area (Å²) in [4.78, 5) is 12.8. The molecule has 0 saturated carbocycles. The zero-order chi connectivity index (χ0) is 21.9. The van der Waals surface area contributed by atoms with Crippen LogP contribution >= 0.6 is 23.2 Å². The van der Waals surface area contributed by atoms with Crippen LogP contribution in [-0.2, 0) is 14.8 Å². The number of rotatable bonds is 7. The number of anilines is 1. The van der Waals surface area contributed by atoms with Gasteiger partial charge in [-0.2, -0.15) is 0 Å². The van der Waals surface area contributed by atoms with E-state index < -0.39 is 16.1 Å². The Hall–Kier alpha value is -1.64. The molecule has 1 amide bonds. The van der Waals surface area contributed by atoms with E-state index in [2.05, 4.69) is 10.6 Å². The molecule has 0 aliphatic rings. The van der Waals surface area contributed by atoms with Gasteiger partial charge in [-0.1, -0.05) is 35.3 Å². The quantitative estimate of drug-likeness (QED) is 0.651. The molecule has 0 heterocycles. The van der Waals surface area contributed by atoms with E-state index >= 15 is 0 Å². The highest BCUT2D eigenvalue weighted by Crippen LogP contribution is 2.27. The molecule has 2 aromatic carbocycles. The summed E-state index contributed by atoms with van der Waals surface area (Å²) in [7, 11) is -0.673. The Morgan fingerprint density at radius 1 is 1.07 bits per heavy atom. The predicted octanol–water partition coefficient (Wildman–Crippen LogP) is 4.23. The number of carbonyl (C=O) groups is 1. The fourth-order valence-corrected chi connectivity index (χ4v) is 4.24. The summed E-state index contributed by atoms with van der Waals surface area (Å²) in [5.41, 5.74) is 2.03. The Balaban J connectivity index is 2.15. The number of aryl methyl sites for hydroxylation is 1. The predicted molar refractivity (Wildman–Crippen MR) is 118 cm³/mol. The number of carbonyl (C=O) groups excluding carboxylic acids is 1. The van der Waals surface area contributed by atoms with Crippen LogP contribution in [0.2, 0.25) is 10.0 Å². The van der Waals surface area contributed by atoms with Gasteiger partial charge in [-0.3, -0.25) is 10.1 Å². The standard InChI is InChI=1S/C20H25Cl2N3O3S/c1-12-6-8-16(29(27,28)25(4)5)11-19(12)24-20(26)14(3)23-13(2)17-9-7-15(21)10-18(17)22/h6-11,13-14,23H,1-5H3,(H,24,26). The lowest BCUT2D eigenvalue weighted by molar-refractivity contribution is -0.117. The second-order valence-electron chi connectivity index (χ2n) is 7.03. The Labute approximate surface area is 182 Å². The lowest BCUT2D eigenvalue weighted by Crippen LogP contribution is -2.39. The Morgan fingerprint density at radius 2 is 1.72 bits per heavy atom. The van der Waals surface area contributed by atoms with Crippen molar-refractivity contribution >= 4 is 44.8 Å². The van der Waals surface area contributed by atoms with E-state index in [1.54, 1.807) is 32.0 Å². The molecule has 0 aliphatic heterocycles. The highest BCUT2D eigenvalue weighted by atomic mass is 35.5. The Kier molecular flexibility index (Phi) is 7.70. The molecule has 2 N–H and O–H groups in total. The van der Waals surface area contributed by atoms with Crippen molar-refractivity contribution in [2.45, 2.75) is 37.8 Å². The first-order chi connectivity index (χ1) is 13.4. The molecule has 2 atom stereocenters. The summed E-state index contributed by atoms with van der Waals surface area (Å²) in [5, 5.41) is 7.05. The van der Waals surface area contributed by atoms with Crippen molar-refractivity contribution in [1.29, 1.82) is 0 Å². The zero-order valence-electron chi connectivity index (χ0n) is 17.0. The average Bonchev–Trinajstić information content (AvgIpc) is 2.62. The summed E-state index contributed by atoms with van der Waals surface area (Å²) in [6.45, 7) is 5.43. The van der Waals surface area contributed by atoms with Crippen LogP contribution in [0.25, 0.3) is 0 Å². The fourth-order valence-electron chi connectivity index (χ4n) is 2.74. The second-order valence-corrected chi connectivity index (χ2v) is 10.0. The Bertz CT molecular complexity index is 1010. The first kappa shape index (κ1) is 23.6. The minimum absolute atomic E-state index is 0.116. The number of amides is 1. The van der Waals surface area contributed by atoms with Crippen LogP contribution in [-0.4, -0.2) is 38.8 Å². The van der Waals surface area contributed by atoms with Gasteiger partial charge in [0.1, 0.15) is 0 Å². The van der Waals surface area contributed by atoms with Crippen LogP contribution in [0.4, 0.5) is 5.69 Å². The second kappa shape index (κ2) is 9.45. The van der Waals surface area contributed by atoms with E-state index in [4.69, 9.17) is 23.2 Å². The SMILES string of the molecule is Cc1ccc(S(=O)(=O)N(C)C)cc1NC(=O)C(C)NC(C)c1ccc(Cl)cc1Cl. The molecule has 0 saturated heterocycles. The summed E-state index contributed by atoms with van der Waals surface area (Å²) in [6.07, 6.45) is 0. The van der Waals surface area contributed by atoms with Crippen LogP contribution in [0, 0.1) is 6.92 Å². The van der Waals surface area contributed by atoms with E-state index in [0.29, 0.717) is 15.7 Å². The van der Waals surface area contributed by atoms with Crippen LogP contribution in [0.3, 0.4) is 0 Å². The van der Waals surface area contributed by atoms with Crippen molar-refractivity contribution in [2.24, 2.45) is 0 Å². The molecule has 2 aromatic rings. The number of nitrogens with one attached hydrogen (secondary N) is 2. The number of hydrogen-bond acceptors (Lipinski definition) is 4. The van der Waals surface area contributed by atoms with Gasteiger partial charge in [0.05, 0.1) is 10.9 Å². The molecule has 0 aromatic heterocycles. The molecule has 0 bridgehead atoms. The molecule has 0 spiro atoms. The summed E-state index contributed by atoms with van der Waals surface area (Å²) in [5.74, 6) is -0.288. The van der Waals surface area contributed by atoms with Gasteiger partial charge in [-0.05, 0) is 56.2 Å². The van der Waals surface area contributed by atoms with Crippen molar-refractivity contribution in [3.05, 3.63) is 57.6 Å². The lowest BCUT2D eigenvalue weighted by atomic mass is 10.1. The molecule has 2 rings (SSSR count). The molecule has 9 heteroatoms. The number of hydrogen-bond donors (Lipinski definition) is 2. The maximum Gasteiger partial charge on any atom is 0.242 e. The highest BCUT2D eigenvalue weighted by Gasteiger charge is 2.21. The zero-order valence-corrected chi connectivity index (χ0v) is 19.3. The van der Waals surface area contributed by atoms with Gasteiger partial charge in [0.15, 0.2) is 0 Å². The largest absolute Gasteiger partial charge is 0.324 e. The van der Waals surface area contributed by atoms with Crippen molar-refractivity contribution in [3.8, 4) is 0 Å². The number of benzene rings is 2. The molecule has 29 heavy (non-hydrogen) atoms. The van der Waals surface area contributed by atoms with Crippen LogP contribution < -0.4 is 10.6 Å². The van der Waals surface area contributed by atoms with Gasteiger partial charge in [-0.15, -0.1) is 0 Å². The number of nitrogens with zero attached hydrogens (tertiary/aromatic N) is 1. The van der Waals surface area contributed by atoms with Crippen molar-refractivity contribution in [1.82, 2.24) is 9.62 Å². The number of sulfonamides is 1. The lowest BCUT2D eigenvalue weighted by Gasteiger charge is -2.21. The van der Waals surface area contributed by atoms with Gasteiger partial charge in [0.2, 0.25) is 15.9 Å². The molecule has 0 radical (unpaired) electrons. The minimum atomic E-state index is -3.59. The van der Waals surface area contributed by atoms with E-state index in [0.717, 1.165) is 15.4 Å². The molecular weight excluding hydrogens is 433 g/mol. The van der Waals surface area contributed by atoms with Gasteiger partial charge < -0.3 is 5.32 Å². The summed E-state index contributed by atoms with van der Waals surface area (Å²) in [6, 6.07) is 9.12. The van der Waals surface area contributed by atoms with Crippen molar-refractivity contribution in [2.75, 3.05) is 19.4 Å². The first-order valence-corrected chi connectivity index (χ1v) is 11.2. The molecule has 2 unspecified atom stereocenters. The van der Waals surface area contributed by atoms with Gasteiger partial charge in [0.25, 0.3) is 0 Å². The molecule has 6 nitrogen and oxygen atoms in total. The molecule has 0 fully saturated rings. The van der Waals surface area contributed by atoms with Crippen LogP contribution in [0.1, 0.15) is 31.0 Å². The van der Waals surface area contributed by atoms with Crippen molar-refractivity contribution in [3.63, 3.8) is 0 Å². The van der Waals surface area contributed by atoms with E-state index in [9.17, 15) is 13.2 Å². The monoisotopic (exact) mass is 457 g/mol. The Morgan fingerprint density at radius 3 is 2.31 bits per heavy atom. The third-order valence-electron chi connectivity index (χ3n) is 4.57. The molecule has 158 valence electrons. The fraction of sp³-hybridized carbons (Fsp3) is 0.350. The van der Waals surface area contributed by atoms with Gasteiger partial charge in [0, 0.05) is 35.9 Å².